The van der Waals surface area contributed by atoms with Crippen molar-refractivity contribution in [2.24, 2.45) is 5.92 Å². The number of carbonyl (C=O) groups is 2. The number of hydrogen-bond donors (Lipinski definition) is 0. The highest BCUT2D eigenvalue weighted by Gasteiger charge is 2.45. The summed E-state index contributed by atoms with van der Waals surface area (Å²) in [7, 11) is 0. The van der Waals surface area contributed by atoms with E-state index in [1.54, 1.807) is 11.1 Å². The summed E-state index contributed by atoms with van der Waals surface area (Å²) in [5, 5.41) is 0. The second kappa shape index (κ2) is 6.47. The second-order valence-electron chi connectivity index (χ2n) is 6.91. The van der Waals surface area contributed by atoms with E-state index < -0.39 is 0 Å². The van der Waals surface area contributed by atoms with Gasteiger partial charge in [0.2, 0.25) is 5.91 Å². The van der Waals surface area contributed by atoms with Crippen LogP contribution in [0, 0.1) is 5.92 Å². The van der Waals surface area contributed by atoms with Crippen molar-refractivity contribution >= 4 is 11.8 Å². The smallest absolute Gasteiger partial charge is 0.274 e. The summed E-state index contributed by atoms with van der Waals surface area (Å²) in [5.74, 6) is 0.503. The molecule has 7 heteroatoms. The zero-order valence-electron chi connectivity index (χ0n) is 13.6. The predicted molar refractivity (Wildman–Crippen MR) is 85.1 cm³/mol. The quantitative estimate of drug-likeness (QED) is 0.816. The topological polar surface area (TPSA) is 75.6 Å². The highest BCUT2D eigenvalue weighted by atomic mass is 16.5. The molecule has 0 radical (unpaired) electrons. The number of amides is 2. The molecule has 0 aromatic carbocycles. The third-order valence-corrected chi connectivity index (χ3v) is 5.38. The van der Waals surface area contributed by atoms with E-state index in [1.165, 1.54) is 38.1 Å². The summed E-state index contributed by atoms with van der Waals surface area (Å²) in [6.07, 6.45) is 9.36. The molecule has 3 fully saturated rings. The van der Waals surface area contributed by atoms with Gasteiger partial charge in [0.15, 0.2) is 0 Å². The monoisotopic (exact) mass is 330 g/mol. The van der Waals surface area contributed by atoms with Crippen molar-refractivity contribution in [3.8, 4) is 0 Å². The molecule has 2 aliphatic heterocycles. The van der Waals surface area contributed by atoms with Crippen molar-refractivity contribution in [2.75, 3.05) is 26.2 Å². The summed E-state index contributed by atoms with van der Waals surface area (Å²) in [5.41, 5.74) is 0.338. The molecule has 3 heterocycles. The fourth-order valence-corrected chi connectivity index (χ4v) is 4.11. The first kappa shape index (κ1) is 15.5. The Kier molecular flexibility index (Phi) is 4.18. The van der Waals surface area contributed by atoms with Gasteiger partial charge in [0.05, 0.1) is 18.3 Å². The Morgan fingerprint density at radius 1 is 1.25 bits per heavy atom. The molecule has 1 saturated carbocycles. The van der Waals surface area contributed by atoms with E-state index in [4.69, 9.17) is 4.74 Å². The Labute approximate surface area is 141 Å². The summed E-state index contributed by atoms with van der Waals surface area (Å²) >= 11 is 0. The van der Waals surface area contributed by atoms with Gasteiger partial charge in [-0.15, -0.1) is 0 Å². The molecule has 2 saturated heterocycles. The molecule has 0 N–H and O–H groups in total. The van der Waals surface area contributed by atoms with Crippen LogP contribution in [0.1, 0.15) is 36.2 Å². The molecule has 3 aliphatic rings. The fourth-order valence-electron chi connectivity index (χ4n) is 4.11. The lowest BCUT2D eigenvalue weighted by Gasteiger charge is -2.38. The van der Waals surface area contributed by atoms with E-state index in [0.717, 1.165) is 6.54 Å². The molecule has 1 aromatic rings. The number of carbonyl (C=O) groups excluding carboxylic acids is 2. The highest BCUT2D eigenvalue weighted by molar-refractivity contribution is 5.92. The lowest BCUT2D eigenvalue weighted by atomic mass is 10.0. The van der Waals surface area contributed by atoms with Crippen LogP contribution >= 0.6 is 0 Å². The van der Waals surface area contributed by atoms with Gasteiger partial charge in [-0.05, 0) is 18.8 Å². The standard InChI is InChI=1S/C17H22N4O3/c22-16-11-24-15-10-20(17(23)13-7-18-5-6-19-13)9-14(15)21(16)8-12-3-1-2-4-12/h5-7,12,14-15H,1-4,8-11H2/t14-,15-/m1/s1. The molecular weight excluding hydrogens is 308 g/mol. The van der Waals surface area contributed by atoms with Gasteiger partial charge < -0.3 is 14.5 Å². The zero-order chi connectivity index (χ0) is 16.5. The van der Waals surface area contributed by atoms with Gasteiger partial charge in [-0.1, -0.05) is 12.8 Å². The van der Waals surface area contributed by atoms with Crippen LogP contribution in [0.3, 0.4) is 0 Å². The van der Waals surface area contributed by atoms with Crippen molar-refractivity contribution in [2.45, 2.75) is 37.8 Å². The minimum Gasteiger partial charge on any atom is -0.364 e. The van der Waals surface area contributed by atoms with Crippen LogP contribution in [0.25, 0.3) is 0 Å². The van der Waals surface area contributed by atoms with Crippen molar-refractivity contribution in [3.05, 3.63) is 24.3 Å². The lowest BCUT2D eigenvalue weighted by molar-refractivity contribution is -0.153. The van der Waals surface area contributed by atoms with Crippen LogP contribution in [-0.2, 0) is 9.53 Å². The first-order chi connectivity index (χ1) is 11.7. The summed E-state index contributed by atoms with van der Waals surface area (Å²) in [6.45, 7) is 1.95. The predicted octanol–water partition coefficient (Wildman–Crippen LogP) is 0.719. The van der Waals surface area contributed by atoms with Crippen molar-refractivity contribution in [1.29, 1.82) is 0 Å². The maximum Gasteiger partial charge on any atom is 0.274 e. The number of hydrogen-bond acceptors (Lipinski definition) is 5. The molecule has 0 bridgehead atoms. The lowest BCUT2D eigenvalue weighted by Crippen LogP contribution is -2.55. The molecule has 2 amide bonds. The van der Waals surface area contributed by atoms with Gasteiger partial charge in [-0.25, -0.2) is 4.98 Å². The Bertz CT molecular complexity index is 618. The van der Waals surface area contributed by atoms with Crippen LogP contribution in [0.5, 0.6) is 0 Å². The first-order valence-electron chi connectivity index (χ1n) is 8.69. The Morgan fingerprint density at radius 2 is 2.08 bits per heavy atom. The fraction of sp³-hybridized carbons (Fsp3) is 0.647. The molecule has 2 atom stereocenters. The van der Waals surface area contributed by atoms with Crippen LogP contribution in [0.15, 0.2) is 18.6 Å². The Morgan fingerprint density at radius 3 is 2.83 bits per heavy atom. The van der Waals surface area contributed by atoms with Crippen molar-refractivity contribution in [1.82, 2.24) is 19.8 Å². The average Bonchev–Trinajstić information content (AvgIpc) is 3.27. The van der Waals surface area contributed by atoms with E-state index in [-0.39, 0.29) is 30.6 Å². The summed E-state index contributed by atoms with van der Waals surface area (Å²) < 4.78 is 5.70. The Hall–Kier alpha value is -2.02. The number of morpholine rings is 1. The molecule has 1 aromatic heterocycles. The number of aromatic nitrogens is 2. The molecule has 128 valence electrons. The van der Waals surface area contributed by atoms with E-state index in [0.29, 0.717) is 24.7 Å². The average molecular weight is 330 g/mol. The van der Waals surface area contributed by atoms with Gasteiger partial charge in [0.25, 0.3) is 5.91 Å². The molecule has 4 rings (SSSR count). The van der Waals surface area contributed by atoms with E-state index in [1.807, 2.05) is 4.90 Å². The van der Waals surface area contributed by atoms with Gasteiger partial charge in [-0.3, -0.25) is 14.6 Å². The Balaban J connectivity index is 1.47. The third kappa shape index (κ3) is 2.88. The normalized spacial score (nSPS) is 27.6. The van der Waals surface area contributed by atoms with E-state index >= 15 is 0 Å². The summed E-state index contributed by atoms with van der Waals surface area (Å²) in [6, 6.07) is -0.0347. The van der Waals surface area contributed by atoms with Crippen LogP contribution in [0.2, 0.25) is 0 Å². The maximum atomic E-state index is 12.6. The number of nitrogens with zero attached hydrogens (tertiary/aromatic N) is 4. The maximum absolute atomic E-state index is 12.6. The van der Waals surface area contributed by atoms with Crippen LogP contribution < -0.4 is 0 Å². The van der Waals surface area contributed by atoms with Crippen LogP contribution in [0.4, 0.5) is 0 Å². The van der Waals surface area contributed by atoms with E-state index in [2.05, 4.69) is 9.97 Å². The third-order valence-electron chi connectivity index (χ3n) is 5.38. The molecule has 1 aliphatic carbocycles. The second-order valence-corrected chi connectivity index (χ2v) is 6.91. The zero-order valence-corrected chi connectivity index (χ0v) is 13.6. The van der Waals surface area contributed by atoms with Gasteiger partial charge in [-0.2, -0.15) is 0 Å². The van der Waals surface area contributed by atoms with E-state index in [9.17, 15) is 9.59 Å². The molecule has 0 unspecified atom stereocenters. The van der Waals surface area contributed by atoms with Gasteiger partial charge in [0.1, 0.15) is 12.3 Å². The van der Waals surface area contributed by atoms with Crippen LogP contribution in [-0.4, -0.2) is 70.0 Å². The summed E-state index contributed by atoms with van der Waals surface area (Å²) in [4.78, 5) is 36.7. The minimum atomic E-state index is -0.144. The minimum absolute atomic E-state index is 0.0347. The molecule has 0 spiro atoms. The molecule has 24 heavy (non-hydrogen) atoms. The number of fused-ring (bicyclic) bond motifs is 1. The van der Waals surface area contributed by atoms with Crippen molar-refractivity contribution < 1.29 is 14.3 Å². The first-order valence-corrected chi connectivity index (χ1v) is 8.69. The number of rotatable bonds is 3. The number of ether oxygens (including phenoxy) is 1. The molecule has 7 nitrogen and oxygen atoms in total. The highest BCUT2D eigenvalue weighted by Crippen LogP contribution is 2.30. The SMILES string of the molecule is O=C(c1cnccn1)N1C[C@@H]2[C@@H](C1)OCC(=O)N2CC1CCCC1. The van der Waals surface area contributed by atoms with Gasteiger partial charge >= 0.3 is 0 Å². The van der Waals surface area contributed by atoms with Crippen molar-refractivity contribution in [3.63, 3.8) is 0 Å². The largest absolute Gasteiger partial charge is 0.364 e. The van der Waals surface area contributed by atoms with Gasteiger partial charge in [0, 0.05) is 32.0 Å². The number of likely N-dealkylation sites (tertiary alicyclic amines) is 1. The molecular formula is C17H22N4O3.